The molecule has 122 valence electrons. The number of hydrogen-bond acceptors (Lipinski definition) is 4. The number of primary amides is 1. The summed E-state index contributed by atoms with van der Waals surface area (Å²) in [6.45, 7) is 2.03. The SMILES string of the molecule is C[C@H](Oc1ccc(OCc2cccc3cccnc23)cc1)C(N)=O. The van der Waals surface area contributed by atoms with Gasteiger partial charge in [-0.1, -0.05) is 24.3 Å². The highest BCUT2D eigenvalue weighted by atomic mass is 16.5. The van der Waals surface area contributed by atoms with Crippen molar-refractivity contribution in [2.24, 2.45) is 5.73 Å². The predicted molar refractivity (Wildman–Crippen MR) is 91.8 cm³/mol. The van der Waals surface area contributed by atoms with E-state index in [0.717, 1.165) is 16.5 Å². The van der Waals surface area contributed by atoms with Crippen LogP contribution in [0.3, 0.4) is 0 Å². The van der Waals surface area contributed by atoms with Crippen molar-refractivity contribution in [1.29, 1.82) is 0 Å². The quantitative estimate of drug-likeness (QED) is 0.757. The maximum absolute atomic E-state index is 11.0. The molecule has 0 aliphatic heterocycles. The Labute approximate surface area is 140 Å². The molecule has 2 aromatic carbocycles. The van der Waals surface area contributed by atoms with E-state index in [1.165, 1.54) is 0 Å². The molecule has 1 atom stereocenters. The maximum Gasteiger partial charge on any atom is 0.258 e. The van der Waals surface area contributed by atoms with Gasteiger partial charge in [0.1, 0.15) is 18.1 Å². The molecular formula is C19H18N2O3. The first-order chi connectivity index (χ1) is 11.6. The zero-order chi connectivity index (χ0) is 16.9. The summed E-state index contributed by atoms with van der Waals surface area (Å²) in [7, 11) is 0. The van der Waals surface area contributed by atoms with E-state index in [9.17, 15) is 4.79 Å². The Balaban J connectivity index is 1.67. The van der Waals surface area contributed by atoms with Gasteiger partial charge in [0.05, 0.1) is 5.52 Å². The van der Waals surface area contributed by atoms with Crippen LogP contribution in [0.1, 0.15) is 12.5 Å². The molecule has 5 nitrogen and oxygen atoms in total. The first-order valence-electron chi connectivity index (χ1n) is 7.65. The fourth-order valence-corrected chi connectivity index (χ4v) is 2.32. The van der Waals surface area contributed by atoms with Crippen LogP contribution >= 0.6 is 0 Å². The zero-order valence-electron chi connectivity index (χ0n) is 13.3. The third kappa shape index (κ3) is 3.63. The van der Waals surface area contributed by atoms with E-state index in [4.69, 9.17) is 15.2 Å². The molecule has 0 aliphatic rings. The average molecular weight is 322 g/mol. The van der Waals surface area contributed by atoms with Gasteiger partial charge in [0, 0.05) is 17.1 Å². The van der Waals surface area contributed by atoms with Gasteiger partial charge in [-0.25, -0.2) is 0 Å². The summed E-state index contributed by atoms with van der Waals surface area (Å²) in [5.74, 6) is 0.779. The fraction of sp³-hybridized carbons (Fsp3) is 0.158. The smallest absolute Gasteiger partial charge is 0.258 e. The Kier molecular flexibility index (Phi) is 4.61. The van der Waals surface area contributed by atoms with Gasteiger partial charge in [-0.15, -0.1) is 0 Å². The van der Waals surface area contributed by atoms with Crippen molar-refractivity contribution in [2.45, 2.75) is 19.6 Å². The second-order valence-corrected chi connectivity index (χ2v) is 5.41. The molecule has 0 fully saturated rings. The Hall–Kier alpha value is -3.08. The lowest BCUT2D eigenvalue weighted by Crippen LogP contribution is -2.30. The third-order valence-corrected chi connectivity index (χ3v) is 3.65. The van der Waals surface area contributed by atoms with Crippen molar-refractivity contribution >= 4 is 16.8 Å². The van der Waals surface area contributed by atoms with E-state index in [2.05, 4.69) is 4.98 Å². The molecule has 3 aromatic rings. The summed E-state index contributed by atoms with van der Waals surface area (Å²) >= 11 is 0. The lowest BCUT2D eigenvalue weighted by Gasteiger charge is -2.12. The van der Waals surface area contributed by atoms with E-state index in [1.54, 1.807) is 37.4 Å². The van der Waals surface area contributed by atoms with E-state index in [0.29, 0.717) is 18.1 Å². The molecule has 5 heteroatoms. The average Bonchev–Trinajstić information content (AvgIpc) is 2.61. The van der Waals surface area contributed by atoms with Crippen molar-refractivity contribution in [2.75, 3.05) is 0 Å². The molecule has 0 saturated carbocycles. The Morgan fingerprint density at radius 1 is 1.08 bits per heavy atom. The zero-order valence-corrected chi connectivity index (χ0v) is 13.3. The monoisotopic (exact) mass is 322 g/mol. The van der Waals surface area contributed by atoms with Gasteiger partial charge in [0.2, 0.25) is 0 Å². The molecule has 0 spiro atoms. The number of ether oxygens (including phenoxy) is 2. The Bertz CT molecular complexity index is 841. The molecule has 0 aliphatic carbocycles. The van der Waals surface area contributed by atoms with E-state index < -0.39 is 12.0 Å². The van der Waals surface area contributed by atoms with Crippen molar-refractivity contribution in [3.63, 3.8) is 0 Å². The summed E-state index contributed by atoms with van der Waals surface area (Å²) in [6.07, 6.45) is 1.11. The molecule has 1 heterocycles. The molecule has 0 radical (unpaired) electrons. The Morgan fingerprint density at radius 3 is 2.54 bits per heavy atom. The summed E-state index contributed by atoms with van der Waals surface area (Å²) in [5.41, 5.74) is 7.14. The van der Waals surface area contributed by atoms with E-state index in [1.807, 2.05) is 30.3 Å². The van der Waals surface area contributed by atoms with Gasteiger partial charge in [0.25, 0.3) is 5.91 Å². The molecule has 1 amide bonds. The minimum Gasteiger partial charge on any atom is -0.489 e. The number of benzene rings is 2. The van der Waals surface area contributed by atoms with Gasteiger partial charge in [0.15, 0.2) is 6.10 Å². The molecule has 3 rings (SSSR count). The standard InChI is InChI=1S/C19H18N2O3/c1-13(19(20)22)24-17-9-7-16(8-10-17)23-12-15-5-2-4-14-6-3-11-21-18(14)15/h2-11,13H,12H2,1H3,(H2,20,22)/t13-/m0/s1. The highest BCUT2D eigenvalue weighted by molar-refractivity contribution is 5.81. The molecule has 0 saturated heterocycles. The largest absolute Gasteiger partial charge is 0.489 e. The molecule has 24 heavy (non-hydrogen) atoms. The summed E-state index contributed by atoms with van der Waals surface area (Å²) in [5, 5.41) is 1.09. The lowest BCUT2D eigenvalue weighted by molar-refractivity contribution is -0.123. The van der Waals surface area contributed by atoms with Crippen LogP contribution in [-0.2, 0) is 11.4 Å². The van der Waals surface area contributed by atoms with Crippen LogP contribution < -0.4 is 15.2 Å². The first-order valence-corrected chi connectivity index (χ1v) is 7.65. The summed E-state index contributed by atoms with van der Waals surface area (Å²) in [4.78, 5) is 15.4. The highest BCUT2D eigenvalue weighted by Gasteiger charge is 2.10. The number of rotatable bonds is 6. The van der Waals surface area contributed by atoms with Crippen molar-refractivity contribution < 1.29 is 14.3 Å². The molecule has 1 aromatic heterocycles. The summed E-state index contributed by atoms with van der Waals surface area (Å²) in [6, 6.07) is 17.0. The third-order valence-electron chi connectivity index (χ3n) is 3.65. The van der Waals surface area contributed by atoms with Crippen LogP contribution in [0.2, 0.25) is 0 Å². The number of amides is 1. The van der Waals surface area contributed by atoms with Crippen molar-refractivity contribution in [3.8, 4) is 11.5 Å². The number of aromatic nitrogens is 1. The predicted octanol–water partition coefficient (Wildman–Crippen LogP) is 3.07. The lowest BCUT2D eigenvalue weighted by atomic mass is 10.1. The van der Waals surface area contributed by atoms with Crippen LogP contribution in [0.4, 0.5) is 0 Å². The molecule has 0 bridgehead atoms. The first kappa shape index (κ1) is 15.8. The van der Waals surface area contributed by atoms with Gasteiger partial charge in [-0.2, -0.15) is 0 Å². The number of hydrogen-bond donors (Lipinski definition) is 1. The molecule has 2 N–H and O–H groups in total. The fourth-order valence-electron chi connectivity index (χ4n) is 2.32. The maximum atomic E-state index is 11.0. The number of fused-ring (bicyclic) bond motifs is 1. The topological polar surface area (TPSA) is 74.4 Å². The summed E-state index contributed by atoms with van der Waals surface area (Å²) < 4.78 is 11.2. The number of pyridine rings is 1. The molecular weight excluding hydrogens is 304 g/mol. The minimum atomic E-state index is -0.668. The van der Waals surface area contributed by atoms with Crippen LogP contribution in [0.15, 0.2) is 60.8 Å². The van der Waals surface area contributed by atoms with Crippen LogP contribution in [0.5, 0.6) is 11.5 Å². The normalized spacial score (nSPS) is 11.9. The van der Waals surface area contributed by atoms with Crippen molar-refractivity contribution in [1.82, 2.24) is 4.98 Å². The van der Waals surface area contributed by atoms with E-state index in [-0.39, 0.29) is 0 Å². The number of nitrogens with two attached hydrogens (primary N) is 1. The number of carbonyl (C=O) groups excluding carboxylic acids is 1. The van der Waals surface area contributed by atoms with Crippen molar-refractivity contribution in [3.05, 3.63) is 66.4 Å². The number of carbonyl (C=O) groups is 1. The highest BCUT2D eigenvalue weighted by Crippen LogP contribution is 2.21. The van der Waals surface area contributed by atoms with Gasteiger partial charge >= 0.3 is 0 Å². The van der Waals surface area contributed by atoms with E-state index >= 15 is 0 Å². The second-order valence-electron chi connectivity index (χ2n) is 5.41. The number of nitrogens with zero attached hydrogens (tertiary/aromatic N) is 1. The van der Waals surface area contributed by atoms with Crippen LogP contribution in [0, 0.1) is 0 Å². The van der Waals surface area contributed by atoms with Crippen LogP contribution in [0.25, 0.3) is 10.9 Å². The van der Waals surface area contributed by atoms with Gasteiger partial charge in [-0.3, -0.25) is 9.78 Å². The number of para-hydroxylation sites is 1. The molecule has 0 unspecified atom stereocenters. The Morgan fingerprint density at radius 2 is 1.79 bits per heavy atom. The minimum absolute atomic E-state index is 0.423. The van der Waals surface area contributed by atoms with Gasteiger partial charge < -0.3 is 15.2 Å². The van der Waals surface area contributed by atoms with Crippen LogP contribution in [-0.4, -0.2) is 17.0 Å². The van der Waals surface area contributed by atoms with Gasteiger partial charge in [-0.05, 0) is 37.3 Å². The second kappa shape index (κ2) is 7.00.